The van der Waals surface area contributed by atoms with E-state index in [9.17, 15) is 8.78 Å². The number of fused-ring (bicyclic) bond motifs is 1. The van der Waals surface area contributed by atoms with Crippen LogP contribution < -0.4 is 9.80 Å². The van der Waals surface area contributed by atoms with Crippen LogP contribution in [0.25, 0.3) is 0 Å². The van der Waals surface area contributed by atoms with E-state index in [1.54, 1.807) is 6.92 Å². The predicted molar refractivity (Wildman–Crippen MR) is 77.5 cm³/mol. The van der Waals surface area contributed by atoms with Gasteiger partial charge in [0.2, 0.25) is 0 Å². The Hall–Kier alpha value is -2.10. The van der Waals surface area contributed by atoms with Crippen LogP contribution in [0.3, 0.4) is 0 Å². The zero-order chi connectivity index (χ0) is 14.4. The number of rotatable bonds is 1. The summed E-state index contributed by atoms with van der Waals surface area (Å²) in [5.74, 6) is -1.07. The van der Waals surface area contributed by atoms with Crippen molar-refractivity contribution in [2.24, 2.45) is 0 Å². The molecule has 1 atom stereocenters. The molecule has 0 amide bonds. The minimum Gasteiger partial charge on any atom is -0.353 e. The highest BCUT2D eigenvalue weighted by atomic mass is 19.1. The summed E-state index contributed by atoms with van der Waals surface area (Å²) in [6.45, 7) is 3.73. The fourth-order valence-electron chi connectivity index (χ4n) is 2.85. The molecule has 104 valence electrons. The second-order valence-corrected chi connectivity index (χ2v) is 5.15. The van der Waals surface area contributed by atoms with Gasteiger partial charge < -0.3 is 9.80 Å². The van der Waals surface area contributed by atoms with E-state index in [-0.39, 0.29) is 6.17 Å². The summed E-state index contributed by atoms with van der Waals surface area (Å²) in [5.41, 5.74) is 3.02. The van der Waals surface area contributed by atoms with Crippen LogP contribution in [0.2, 0.25) is 0 Å². The maximum atomic E-state index is 14.3. The summed E-state index contributed by atoms with van der Waals surface area (Å²) in [5, 5.41) is 0. The molecule has 0 unspecified atom stereocenters. The Morgan fingerprint density at radius 3 is 2.35 bits per heavy atom. The number of aryl methyl sites for hydroxylation is 1. The first kappa shape index (κ1) is 12.9. The Balaban J connectivity index is 2.21. The van der Waals surface area contributed by atoms with Gasteiger partial charge in [0.15, 0.2) is 0 Å². The molecule has 2 aromatic carbocycles. The molecular formula is C16H16F2N2. The van der Waals surface area contributed by atoms with Crippen molar-refractivity contribution < 1.29 is 8.78 Å². The third kappa shape index (κ3) is 1.75. The minimum atomic E-state index is -0.544. The molecule has 0 bridgehead atoms. The molecule has 4 heteroatoms. The highest BCUT2D eigenvalue weighted by Crippen LogP contribution is 2.44. The van der Waals surface area contributed by atoms with E-state index in [2.05, 4.69) is 4.90 Å². The monoisotopic (exact) mass is 274 g/mol. The Labute approximate surface area is 117 Å². The molecule has 0 saturated carbocycles. The molecule has 0 aromatic heterocycles. The van der Waals surface area contributed by atoms with Gasteiger partial charge in [0.1, 0.15) is 17.8 Å². The average molecular weight is 274 g/mol. The number of halogens is 2. The quantitative estimate of drug-likeness (QED) is 0.768. The van der Waals surface area contributed by atoms with Crippen molar-refractivity contribution >= 4 is 17.1 Å². The minimum absolute atomic E-state index is 0.0222. The molecule has 1 aliphatic heterocycles. The van der Waals surface area contributed by atoms with Crippen molar-refractivity contribution in [3.05, 3.63) is 53.6 Å². The van der Waals surface area contributed by atoms with Crippen molar-refractivity contribution in [1.82, 2.24) is 0 Å². The SMILES string of the molecule is Cc1cc(F)cc(F)c1N1c2ccccc2N(C)[C@@H]1C. The van der Waals surface area contributed by atoms with E-state index < -0.39 is 11.6 Å². The van der Waals surface area contributed by atoms with Crippen molar-refractivity contribution in [2.45, 2.75) is 20.0 Å². The summed E-state index contributed by atoms with van der Waals surface area (Å²) in [4.78, 5) is 4.00. The summed E-state index contributed by atoms with van der Waals surface area (Å²) in [6.07, 6.45) is -0.0222. The van der Waals surface area contributed by atoms with E-state index in [1.165, 1.54) is 6.07 Å². The van der Waals surface area contributed by atoms with E-state index >= 15 is 0 Å². The molecule has 0 saturated heterocycles. The number of anilines is 3. The van der Waals surface area contributed by atoms with Crippen LogP contribution in [0.5, 0.6) is 0 Å². The third-order valence-electron chi connectivity index (χ3n) is 3.92. The normalized spacial score (nSPS) is 17.6. The molecule has 0 aliphatic carbocycles. The number of hydrogen-bond acceptors (Lipinski definition) is 2. The fourth-order valence-corrected chi connectivity index (χ4v) is 2.85. The summed E-state index contributed by atoms with van der Waals surface area (Å²) < 4.78 is 27.6. The van der Waals surface area contributed by atoms with E-state index in [0.717, 1.165) is 17.4 Å². The van der Waals surface area contributed by atoms with Crippen molar-refractivity contribution in [3.8, 4) is 0 Å². The lowest BCUT2D eigenvalue weighted by Gasteiger charge is -2.29. The van der Waals surface area contributed by atoms with Gasteiger partial charge in [0.05, 0.1) is 17.1 Å². The van der Waals surface area contributed by atoms with E-state index in [1.807, 2.05) is 43.1 Å². The highest BCUT2D eigenvalue weighted by molar-refractivity contribution is 5.84. The lowest BCUT2D eigenvalue weighted by molar-refractivity contribution is 0.576. The van der Waals surface area contributed by atoms with Gasteiger partial charge in [-0.3, -0.25) is 0 Å². The second kappa shape index (κ2) is 4.47. The summed E-state index contributed by atoms with van der Waals surface area (Å²) in [6, 6.07) is 10.1. The van der Waals surface area contributed by atoms with Crippen LogP contribution in [0.15, 0.2) is 36.4 Å². The molecule has 20 heavy (non-hydrogen) atoms. The molecule has 0 N–H and O–H groups in total. The number of benzene rings is 2. The van der Waals surface area contributed by atoms with Gasteiger partial charge >= 0.3 is 0 Å². The van der Waals surface area contributed by atoms with Gasteiger partial charge in [0.25, 0.3) is 0 Å². The lowest BCUT2D eigenvalue weighted by Crippen LogP contribution is -2.36. The molecule has 0 radical (unpaired) electrons. The number of para-hydroxylation sites is 2. The third-order valence-corrected chi connectivity index (χ3v) is 3.92. The van der Waals surface area contributed by atoms with Crippen molar-refractivity contribution in [3.63, 3.8) is 0 Å². The topological polar surface area (TPSA) is 6.48 Å². The molecule has 1 aliphatic rings. The molecule has 2 aromatic rings. The molecule has 2 nitrogen and oxygen atoms in total. The van der Waals surface area contributed by atoms with Crippen LogP contribution in [-0.4, -0.2) is 13.2 Å². The van der Waals surface area contributed by atoms with Crippen molar-refractivity contribution in [1.29, 1.82) is 0 Å². The average Bonchev–Trinajstić information content (AvgIpc) is 2.64. The first-order valence-electron chi connectivity index (χ1n) is 6.57. The van der Waals surface area contributed by atoms with E-state index in [0.29, 0.717) is 11.3 Å². The number of nitrogens with zero attached hydrogens (tertiary/aromatic N) is 2. The van der Waals surface area contributed by atoms with Crippen LogP contribution in [-0.2, 0) is 0 Å². The maximum Gasteiger partial charge on any atom is 0.150 e. The first-order valence-corrected chi connectivity index (χ1v) is 6.57. The molecule has 3 rings (SSSR count). The van der Waals surface area contributed by atoms with Crippen LogP contribution in [0, 0.1) is 18.6 Å². The Morgan fingerprint density at radius 1 is 1.05 bits per heavy atom. The Bertz CT molecular complexity index is 646. The Kier molecular flexibility index (Phi) is 2.89. The molecular weight excluding hydrogens is 258 g/mol. The summed E-state index contributed by atoms with van der Waals surface area (Å²) >= 11 is 0. The van der Waals surface area contributed by atoms with Gasteiger partial charge in [-0.2, -0.15) is 0 Å². The van der Waals surface area contributed by atoms with Gasteiger partial charge in [-0.1, -0.05) is 12.1 Å². The van der Waals surface area contributed by atoms with Gasteiger partial charge in [-0.25, -0.2) is 8.78 Å². The van der Waals surface area contributed by atoms with Crippen LogP contribution in [0.1, 0.15) is 12.5 Å². The predicted octanol–water partition coefficient (Wildman–Crippen LogP) is 4.21. The van der Waals surface area contributed by atoms with E-state index in [4.69, 9.17) is 0 Å². The van der Waals surface area contributed by atoms with Crippen LogP contribution >= 0.6 is 0 Å². The maximum absolute atomic E-state index is 14.3. The number of hydrogen-bond donors (Lipinski definition) is 0. The molecule has 0 spiro atoms. The zero-order valence-corrected chi connectivity index (χ0v) is 11.7. The van der Waals surface area contributed by atoms with Crippen LogP contribution in [0.4, 0.5) is 25.8 Å². The smallest absolute Gasteiger partial charge is 0.150 e. The second-order valence-electron chi connectivity index (χ2n) is 5.15. The first-order chi connectivity index (χ1) is 9.50. The lowest BCUT2D eigenvalue weighted by atomic mass is 10.1. The standard InChI is InChI=1S/C16H16F2N2/c1-10-8-12(17)9-13(18)16(10)20-11(2)19(3)14-6-4-5-7-15(14)20/h4-9,11H,1-3H3/t11-/m0/s1. The fraction of sp³-hybridized carbons (Fsp3) is 0.250. The van der Waals surface area contributed by atoms with Gasteiger partial charge in [-0.05, 0) is 37.6 Å². The highest BCUT2D eigenvalue weighted by Gasteiger charge is 2.33. The van der Waals surface area contributed by atoms with Crippen molar-refractivity contribution in [2.75, 3.05) is 16.8 Å². The largest absolute Gasteiger partial charge is 0.353 e. The zero-order valence-electron chi connectivity index (χ0n) is 11.7. The molecule has 0 fully saturated rings. The molecule has 1 heterocycles. The summed E-state index contributed by atoms with van der Waals surface area (Å²) in [7, 11) is 1.97. The van der Waals surface area contributed by atoms with Gasteiger partial charge in [-0.15, -0.1) is 0 Å². The van der Waals surface area contributed by atoms with Gasteiger partial charge in [0, 0.05) is 13.1 Å². The Morgan fingerprint density at radius 2 is 1.70 bits per heavy atom.